The lowest BCUT2D eigenvalue weighted by Crippen LogP contribution is -2.44. The molecule has 158 valence electrons. The summed E-state index contributed by atoms with van der Waals surface area (Å²) in [6.45, 7) is 2.40. The van der Waals surface area contributed by atoms with Crippen LogP contribution in [0.1, 0.15) is 19.6 Å². The molecule has 9 heteroatoms. The van der Waals surface area contributed by atoms with Gasteiger partial charge in [0.05, 0.1) is 11.6 Å². The molecule has 7 nitrogen and oxygen atoms in total. The van der Waals surface area contributed by atoms with Crippen LogP contribution in [0.25, 0.3) is 17.4 Å². The topological polar surface area (TPSA) is 101 Å². The Kier molecular flexibility index (Phi) is 6.64. The third-order valence-electron chi connectivity index (χ3n) is 4.56. The smallest absolute Gasteiger partial charge is 0.302 e. The minimum Gasteiger partial charge on any atom is -0.464 e. The molecule has 1 aliphatic rings. The van der Waals surface area contributed by atoms with Crippen molar-refractivity contribution in [2.75, 3.05) is 13.2 Å². The summed E-state index contributed by atoms with van der Waals surface area (Å²) in [6.07, 6.45) is 1.45. The van der Waals surface area contributed by atoms with Crippen LogP contribution in [-0.2, 0) is 19.1 Å². The van der Waals surface area contributed by atoms with E-state index in [-0.39, 0.29) is 29.9 Å². The number of hydrogen-bond donors (Lipinski definition) is 0. The molecule has 0 bridgehead atoms. The fraction of sp³-hybridized carbons (Fsp3) is 0.182. The first-order valence-electron chi connectivity index (χ1n) is 9.10. The highest BCUT2D eigenvalue weighted by Gasteiger charge is 2.35. The fourth-order valence-electron chi connectivity index (χ4n) is 3.02. The van der Waals surface area contributed by atoms with E-state index in [2.05, 4.69) is 0 Å². The Bertz CT molecular complexity index is 1190. The van der Waals surface area contributed by atoms with Gasteiger partial charge in [0.15, 0.2) is 0 Å². The number of furan rings is 1. The predicted molar refractivity (Wildman–Crippen MR) is 114 cm³/mol. The van der Waals surface area contributed by atoms with Crippen molar-refractivity contribution in [3.63, 3.8) is 0 Å². The quantitative estimate of drug-likeness (QED) is 0.373. The fourth-order valence-corrected chi connectivity index (χ4v) is 3.52. The van der Waals surface area contributed by atoms with Gasteiger partial charge in [-0.15, -0.1) is 0 Å². The van der Waals surface area contributed by atoms with Crippen LogP contribution in [0.5, 0.6) is 0 Å². The summed E-state index contributed by atoms with van der Waals surface area (Å²) < 4.78 is 10.6. The minimum atomic E-state index is -0.734. The number of nitriles is 1. The maximum Gasteiger partial charge on any atom is 0.302 e. The van der Waals surface area contributed by atoms with Crippen molar-refractivity contribution in [2.45, 2.75) is 13.8 Å². The largest absolute Gasteiger partial charge is 0.464 e. The van der Waals surface area contributed by atoms with Gasteiger partial charge in [0.25, 0.3) is 11.8 Å². The molecule has 0 unspecified atom stereocenters. The molecule has 0 N–H and O–H groups in total. The van der Waals surface area contributed by atoms with Crippen molar-refractivity contribution >= 4 is 47.1 Å². The monoisotopic (exact) mass is 458 g/mol. The first kappa shape index (κ1) is 22.3. The van der Waals surface area contributed by atoms with E-state index in [1.165, 1.54) is 19.9 Å². The van der Waals surface area contributed by atoms with Gasteiger partial charge in [0, 0.05) is 23.1 Å². The Balaban J connectivity index is 1.96. The molecule has 1 aliphatic heterocycles. The minimum absolute atomic E-state index is 0.127. The summed E-state index contributed by atoms with van der Waals surface area (Å²) in [5.74, 6) is -1.10. The molecule has 31 heavy (non-hydrogen) atoms. The summed E-state index contributed by atoms with van der Waals surface area (Å²) >= 11 is 12.1. The van der Waals surface area contributed by atoms with E-state index in [1.54, 1.807) is 30.3 Å². The van der Waals surface area contributed by atoms with Crippen molar-refractivity contribution in [3.8, 4) is 17.4 Å². The van der Waals surface area contributed by atoms with Crippen LogP contribution >= 0.6 is 23.2 Å². The average molecular weight is 459 g/mol. The van der Waals surface area contributed by atoms with Gasteiger partial charge in [-0.3, -0.25) is 19.3 Å². The highest BCUT2D eigenvalue weighted by Crippen LogP contribution is 2.33. The van der Waals surface area contributed by atoms with Gasteiger partial charge in [0.1, 0.15) is 29.8 Å². The third-order valence-corrected chi connectivity index (χ3v) is 5.10. The zero-order chi connectivity index (χ0) is 22.7. The maximum atomic E-state index is 12.9. The van der Waals surface area contributed by atoms with Gasteiger partial charge in [-0.05, 0) is 48.9 Å². The second-order valence-electron chi connectivity index (χ2n) is 6.60. The highest BCUT2D eigenvalue weighted by atomic mass is 35.5. The molecular weight excluding hydrogens is 443 g/mol. The lowest BCUT2D eigenvalue weighted by atomic mass is 9.94. The number of halogens is 2. The Morgan fingerprint density at radius 3 is 2.61 bits per heavy atom. The Morgan fingerprint density at radius 2 is 1.97 bits per heavy atom. The zero-order valence-corrected chi connectivity index (χ0v) is 18.1. The van der Waals surface area contributed by atoms with Crippen LogP contribution in [0.3, 0.4) is 0 Å². The number of hydrogen-bond acceptors (Lipinski definition) is 6. The summed E-state index contributed by atoms with van der Waals surface area (Å²) in [5.41, 5.74) is 0.820. The number of ether oxygens (including phenoxy) is 1. The van der Waals surface area contributed by atoms with Crippen molar-refractivity contribution in [2.24, 2.45) is 0 Å². The molecule has 0 saturated carbocycles. The molecule has 0 radical (unpaired) electrons. The molecule has 0 fully saturated rings. The summed E-state index contributed by atoms with van der Waals surface area (Å²) in [5, 5.41) is 10.3. The predicted octanol–water partition coefficient (Wildman–Crippen LogP) is 4.41. The molecule has 2 heterocycles. The maximum absolute atomic E-state index is 12.9. The van der Waals surface area contributed by atoms with E-state index in [0.717, 1.165) is 4.90 Å². The average Bonchev–Trinajstić information content (AvgIpc) is 3.16. The number of nitrogens with zero attached hydrogens (tertiary/aromatic N) is 2. The summed E-state index contributed by atoms with van der Waals surface area (Å²) in [7, 11) is 0. The van der Waals surface area contributed by atoms with Crippen LogP contribution in [0.4, 0.5) is 0 Å². The Morgan fingerprint density at radius 1 is 1.23 bits per heavy atom. The Labute approximate surface area is 188 Å². The lowest BCUT2D eigenvalue weighted by Gasteiger charge is -2.27. The van der Waals surface area contributed by atoms with Gasteiger partial charge in [0.2, 0.25) is 0 Å². The van der Waals surface area contributed by atoms with Crippen LogP contribution in [0.2, 0.25) is 10.0 Å². The number of carbonyl (C=O) groups is 3. The normalized spacial score (nSPS) is 15.5. The number of esters is 1. The van der Waals surface area contributed by atoms with Crippen molar-refractivity contribution < 1.29 is 23.5 Å². The molecule has 1 aromatic heterocycles. The van der Waals surface area contributed by atoms with Crippen molar-refractivity contribution in [3.05, 3.63) is 62.9 Å². The molecule has 2 amide bonds. The standard InChI is InChI=1S/C22H16Cl2N2O5/c1-12-17(21(28)26(7-8-30-13(2)27)22(29)18(12)11-25)10-15-4-6-20(31-15)16-5-3-14(23)9-19(16)24/h3-6,9-10H,7-8H2,1-2H3/b17-10+. The molecule has 0 aliphatic carbocycles. The molecule has 3 rings (SSSR count). The molecule has 1 aromatic carbocycles. The number of imide groups is 1. The lowest BCUT2D eigenvalue weighted by molar-refractivity contribution is -0.147. The van der Waals surface area contributed by atoms with E-state index < -0.39 is 17.8 Å². The first-order valence-corrected chi connectivity index (χ1v) is 9.86. The Hall–Kier alpha value is -3.34. The molecular formula is C22H16Cl2N2O5. The van der Waals surface area contributed by atoms with Gasteiger partial charge >= 0.3 is 5.97 Å². The van der Waals surface area contributed by atoms with Crippen molar-refractivity contribution in [1.82, 2.24) is 4.90 Å². The second-order valence-corrected chi connectivity index (χ2v) is 7.44. The molecule has 0 saturated heterocycles. The summed E-state index contributed by atoms with van der Waals surface area (Å²) in [4.78, 5) is 37.3. The molecule has 2 aromatic rings. The molecule has 0 spiro atoms. The highest BCUT2D eigenvalue weighted by molar-refractivity contribution is 6.36. The van der Waals surface area contributed by atoms with E-state index in [1.807, 2.05) is 6.07 Å². The van der Waals surface area contributed by atoms with Crippen molar-refractivity contribution in [1.29, 1.82) is 5.26 Å². The van der Waals surface area contributed by atoms with Crippen LogP contribution < -0.4 is 0 Å². The van der Waals surface area contributed by atoms with Crippen LogP contribution in [0, 0.1) is 11.3 Å². The van der Waals surface area contributed by atoms with E-state index in [0.29, 0.717) is 27.1 Å². The SMILES string of the molecule is CC(=O)OCCN1C(=O)C(C#N)=C(C)/C(=C\c2ccc(-c3ccc(Cl)cc3Cl)o2)C1=O. The number of rotatable bonds is 5. The zero-order valence-electron chi connectivity index (χ0n) is 16.6. The van der Waals surface area contributed by atoms with E-state index in [4.69, 9.17) is 32.4 Å². The van der Waals surface area contributed by atoms with Crippen LogP contribution in [0.15, 0.2) is 51.5 Å². The molecule has 0 atom stereocenters. The number of carbonyl (C=O) groups excluding carboxylic acids is 3. The van der Waals surface area contributed by atoms with Crippen LogP contribution in [-0.4, -0.2) is 35.8 Å². The number of benzene rings is 1. The second kappa shape index (κ2) is 9.21. The van der Waals surface area contributed by atoms with E-state index in [9.17, 15) is 19.6 Å². The van der Waals surface area contributed by atoms with Gasteiger partial charge < -0.3 is 9.15 Å². The van der Waals surface area contributed by atoms with Gasteiger partial charge in [-0.25, -0.2) is 0 Å². The van der Waals surface area contributed by atoms with Gasteiger partial charge in [-0.1, -0.05) is 23.2 Å². The number of amides is 2. The van der Waals surface area contributed by atoms with Gasteiger partial charge in [-0.2, -0.15) is 5.26 Å². The van der Waals surface area contributed by atoms with E-state index >= 15 is 0 Å². The summed E-state index contributed by atoms with van der Waals surface area (Å²) in [6, 6.07) is 10.1. The third kappa shape index (κ3) is 4.71. The first-order chi connectivity index (χ1) is 14.7.